The van der Waals surface area contributed by atoms with Gasteiger partial charge in [0.25, 0.3) is 5.91 Å². The first-order valence-corrected chi connectivity index (χ1v) is 18.1. The number of carbonyl (C=O) groups excluding carboxylic acids is 3. The van der Waals surface area contributed by atoms with Gasteiger partial charge >= 0.3 is 6.09 Å². The number of anilines is 1. The van der Waals surface area contributed by atoms with Crippen LogP contribution in [0.1, 0.15) is 83.9 Å². The summed E-state index contributed by atoms with van der Waals surface area (Å²) < 4.78 is 31.4. The topological polar surface area (TPSA) is 117 Å². The van der Waals surface area contributed by atoms with Gasteiger partial charge in [0, 0.05) is 49.8 Å². The van der Waals surface area contributed by atoms with E-state index in [9.17, 15) is 18.8 Å². The molecule has 0 bridgehead atoms. The van der Waals surface area contributed by atoms with E-state index in [1.165, 1.54) is 12.1 Å². The van der Waals surface area contributed by atoms with E-state index in [1.807, 2.05) is 54.5 Å². The lowest BCUT2D eigenvalue weighted by molar-refractivity contribution is -0.123. The molecular formula is C38H55FN6O6. The first-order chi connectivity index (χ1) is 24.0. The summed E-state index contributed by atoms with van der Waals surface area (Å²) in [7, 11) is 0. The Bertz CT molecular complexity index is 1560. The van der Waals surface area contributed by atoms with Gasteiger partial charge in [0.05, 0.1) is 25.8 Å². The predicted octanol–water partition coefficient (Wildman–Crippen LogP) is 4.48. The fourth-order valence-corrected chi connectivity index (χ4v) is 7.12. The summed E-state index contributed by atoms with van der Waals surface area (Å²) in [4.78, 5) is 54.0. The van der Waals surface area contributed by atoms with Gasteiger partial charge in [-0.05, 0) is 98.1 Å². The van der Waals surface area contributed by atoms with Crippen LogP contribution in [0.25, 0.3) is 0 Å². The number of amides is 3. The Labute approximate surface area is 301 Å². The number of hydrogen-bond donors (Lipinski definition) is 1. The van der Waals surface area contributed by atoms with Crippen molar-refractivity contribution in [1.29, 1.82) is 0 Å². The highest BCUT2D eigenvalue weighted by Gasteiger charge is 2.41. The molecule has 1 aromatic heterocycles. The highest BCUT2D eigenvalue weighted by molar-refractivity contribution is 5.99. The van der Waals surface area contributed by atoms with Gasteiger partial charge in [0.15, 0.2) is 0 Å². The summed E-state index contributed by atoms with van der Waals surface area (Å²) in [5, 5.41) is 2.92. The number of halogens is 1. The minimum atomic E-state index is -0.634. The molecule has 3 aliphatic rings. The van der Waals surface area contributed by atoms with E-state index in [4.69, 9.17) is 14.2 Å². The Morgan fingerprint density at radius 1 is 0.980 bits per heavy atom. The number of benzene rings is 1. The smallest absolute Gasteiger partial charge is 0.410 e. The molecule has 2 aromatic rings. The van der Waals surface area contributed by atoms with E-state index >= 15 is 0 Å². The van der Waals surface area contributed by atoms with E-state index in [0.29, 0.717) is 50.5 Å². The first-order valence-electron chi connectivity index (χ1n) is 18.1. The van der Waals surface area contributed by atoms with Crippen LogP contribution < -0.4 is 15.0 Å². The van der Waals surface area contributed by atoms with Gasteiger partial charge in [-0.15, -0.1) is 0 Å². The number of ether oxygens (including phenoxy) is 3. The molecule has 1 N–H and O–H groups in total. The van der Waals surface area contributed by atoms with Crippen molar-refractivity contribution in [1.82, 2.24) is 25.0 Å². The van der Waals surface area contributed by atoms with Crippen LogP contribution in [0, 0.1) is 5.82 Å². The normalized spacial score (nSPS) is 24.6. The summed E-state index contributed by atoms with van der Waals surface area (Å²) in [6.45, 7) is 20.6. The molecule has 0 aliphatic carbocycles. The maximum Gasteiger partial charge on any atom is 0.410 e. The minimum absolute atomic E-state index is 0.108. The van der Waals surface area contributed by atoms with Crippen molar-refractivity contribution in [2.24, 2.45) is 0 Å². The molecule has 0 unspecified atom stereocenters. The van der Waals surface area contributed by atoms with Crippen molar-refractivity contribution < 1.29 is 33.0 Å². The molecule has 4 heterocycles. The van der Waals surface area contributed by atoms with Crippen LogP contribution in [0.15, 0.2) is 30.3 Å². The molecular weight excluding hydrogens is 655 g/mol. The Balaban J connectivity index is 1.46. The Morgan fingerprint density at radius 2 is 1.65 bits per heavy atom. The van der Waals surface area contributed by atoms with Crippen LogP contribution in [0.4, 0.5) is 14.9 Å². The number of pyridine rings is 1. The molecule has 1 aromatic carbocycles. The van der Waals surface area contributed by atoms with E-state index in [-0.39, 0.29) is 84.7 Å². The Hall–Kier alpha value is -3.81. The van der Waals surface area contributed by atoms with E-state index < -0.39 is 5.60 Å². The van der Waals surface area contributed by atoms with Gasteiger partial charge in [-0.25, -0.2) is 14.2 Å². The monoisotopic (exact) mass is 710 g/mol. The molecule has 0 saturated carbocycles. The fraction of sp³-hybridized carbons (Fsp3) is 0.632. The number of hydrogen-bond acceptors (Lipinski definition) is 9. The number of rotatable bonds is 8. The lowest BCUT2D eigenvalue weighted by Gasteiger charge is -2.49. The van der Waals surface area contributed by atoms with Gasteiger partial charge in [-0.3, -0.25) is 19.4 Å². The molecule has 2 saturated heterocycles. The third-order valence-corrected chi connectivity index (χ3v) is 9.61. The molecule has 2 fully saturated rings. The SMILES string of the molecule is CC(C)NC(=O)c1nc2c(cc1Cc1ccc(F)cc1)N(C(=O)CN1C[C@@H](C)N(C(=O)OC(C)(C)C)C[C@@H]1CN1[C@H](C)COC[C@H]1C)[C@@H](C)CO2. The van der Waals surface area contributed by atoms with Crippen molar-refractivity contribution in [3.8, 4) is 5.88 Å². The average Bonchev–Trinajstić information content (AvgIpc) is 3.03. The molecule has 5 atom stereocenters. The zero-order valence-corrected chi connectivity index (χ0v) is 31.6. The second kappa shape index (κ2) is 15.8. The molecule has 3 aliphatic heterocycles. The first kappa shape index (κ1) is 38.4. The zero-order valence-electron chi connectivity index (χ0n) is 31.6. The largest absolute Gasteiger partial charge is 0.474 e. The van der Waals surface area contributed by atoms with Crippen molar-refractivity contribution >= 4 is 23.6 Å². The standard InChI is InChI=1S/C38H55FN6O6/c1-23(2)40-35(47)34-29(14-28-10-12-30(39)13-11-28)15-32-36(41-34)50-22-27(6)45(32)33(46)19-42-16-24(3)44(37(48)51-38(7,8)9)18-31(42)17-43-25(4)20-49-21-26(43)5/h10-13,15,23-27,31H,14,16-22H2,1-9H3,(H,40,47)/t24-,25-,26-,27+,31+/m1/s1. The molecule has 280 valence electrons. The van der Waals surface area contributed by atoms with Crippen LogP contribution in [-0.2, 0) is 20.7 Å². The Kier molecular flexibility index (Phi) is 11.9. The molecule has 3 amide bonds. The fourth-order valence-electron chi connectivity index (χ4n) is 7.12. The van der Waals surface area contributed by atoms with Crippen molar-refractivity contribution in [2.45, 2.75) is 111 Å². The van der Waals surface area contributed by atoms with Crippen LogP contribution >= 0.6 is 0 Å². The summed E-state index contributed by atoms with van der Waals surface area (Å²) in [5.41, 5.74) is 1.46. The number of morpholine rings is 1. The van der Waals surface area contributed by atoms with Crippen molar-refractivity contribution in [3.63, 3.8) is 0 Å². The van der Waals surface area contributed by atoms with Gasteiger partial charge in [0.2, 0.25) is 11.8 Å². The third-order valence-electron chi connectivity index (χ3n) is 9.61. The lowest BCUT2D eigenvalue weighted by Crippen LogP contribution is -2.65. The Morgan fingerprint density at radius 3 is 2.27 bits per heavy atom. The van der Waals surface area contributed by atoms with E-state index in [2.05, 4.69) is 33.9 Å². The molecule has 12 nitrogen and oxygen atoms in total. The summed E-state index contributed by atoms with van der Waals surface area (Å²) in [6.07, 6.45) is -0.0539. The number of aromatic nitrogens is 1. The molecule has 51 heavy (non-hydrogen) atoms. The van der Waals surface area contributed by atoms with Crippen LogP contribution in [0.3, 0.4) is 0 Å². The number of nitrogens with one attached hydrogen (secondary N) is 1. The second-order valence-electron chi connectivity index (χ2n) is 15.7. The van der Waals surface area contributed by atoms with Crippen molar-refractivity contribution in [2.75, 3.05) is 50.9 Å². The summed E-state index contributed by atoms with van der Waals surface area (Å²) in [6, 6.07) is 7.52. The van der Waals surface area contributed by atoms with E-state index in [1.54, 1.807) is 21.9 Å². The number of carbonyl (C=O) groups is 3. The average molecular weight is 711 g/mol. The lowest BCUT2D eigenvalue weighted by atomic mass is 10.0. The second-order valence-corrected chi connectivity index (χ2v) is 15.7. The van der Waals surface area contributed by atoms with Gasteiger partial charge in [-0.1, -0.05) is 12.1 Å². The maximum atomic E-state index is 14.5. The van der Waals surface area contributed by atoms with Gasteiger partial charge < -0.3 is 29.3 Å². The summed E-state index contributed by atoms with van der Waals surface area (Å²) in [5.74, 6) is -0.617. The van der Waals surface area contributed by atoms with E-state index in [0.717, 1.165) is 5.56 Å². The highest BCUT2D eigenvalue weighted by Crippen LogP contribution is 2.36. The van der Waals surface area contributed by atoms with Gasteiger partial charge in [-0.2, -0.15) is 0 Å². The third kappa shape index (κ3) is 9.36. The molecule has 0 radical (unpaired) electrons. The summed E-state index contributed by atoms with van der Waals surface area (Å²) >= 11 is 0. The number of fused-ring (bicyclic) bond motifs is 1. The minimum Gasteiger partial charge on any atom is -0.474 e. The number of nitrogens with zero attached hydrogens (tertiary/aromatic N) is 5. The van der Waals surface area contributed by atoms with Crippen LogP contribution in [-0.4, -0.2) is 125 Å². The predicted molar refractivity (Wildman–Crippen MR) is 193 cm³/mol. The number of piperazine rings is 1. The quantitative estimate of drug-likeness (QED) is 0.424. The van der Waals surface area contributed by atoms with Crippen molar-refractivity contribution in [3.05, 3.63) is 53.0 Å². The highest BCUT2D eigenvalue weighted by atomic mass is 19.1. The molecule has 0 spiro atoms. The maximum absolute atomic E-state index is 14.5. The van der Waals surface area contributed by atoms with Crippen LogP contribution in [0.2, 0.25) is 0 Å². The molecule has 13 heteroatoms. The van der Waals surface area contributed by atoms with Crippen LogP contribution in [0.5, 0.6) is 5.88 Å². The van der Waals surface area contributed by atoms with Gasteiger partial charge in [0.1, 0.15) is 29.4 Å². The zero-order chi connectivity index (χ0) is 37.2. The molecule has 5 rings (SSSR count).